The van der Waals surface area contributed by atoms with E-state index in [-0.39, 0.29) is 24.2 Å². The molecule has 6 nitrogen and oxygen atoms in total. The Hall–Kier alpha value is -2.89. The van der Waals surface area contributed by atoms with E-state index in [1.54, 1.807) is 10.8 Å². The van der Waals surface area contributed by atoms with Crippen molar-refractivity contribution >= 4 is 17.1 Å². The molecule has 0 bridgehead atoms. The number of aromatic nitrogens is 3. The zero-order valence-electron chi connectivity index (χ0n) is 16.2. The number of rotatable bonds is 5. The van der Waals surface area contributed by atoms with Crippen molar-refractivity contribution in [2.75, 3.05) is 0 Å². The fourth-order valence-corrected chi connectivity index (χ4v) is 4.15. The van der Waals surface area contributed by atoms with E-state index < -0.39 is 0 Å². The number of nitrogens with one attached hydrogen (secondary N) is 1. The second kappa shape index (κ2) is 8.00. The molecule has 1 N–H and O–H groups in total. The molecule has 0 aliphatic heterocycles. The van der Waals surface area contributed by atoms with E-state index in [1.807, 2.05) is 47.9 Å². The van der Waals surface area contributed by atoms with Crippen LogP contribution in [0.3, 0.4) is 0 Å². The SMILES string of the molecule is Cc1cccc(CNC(=O)Cn2c(=O)n(C3CCCCC3)c3ncccc32)c1. The van der Waals surface area contributed by atoms with Gasteiger partial charge in [0.05, 0.1) is 5.52 Å². The molecule has 1 aliphatic rings. The Kier molecular flexibility index (Phi) is 5.28. The lowest BCUT2D eigenvalue weighted by atomic mass is 9.95. The number of carbonyl (C=O) groups is 1. The number of hydrogen-bond donors (Lipinski definition) is 1. The molecule has 2 aromatic heterocycles. The lowest BCUT2D eigenvalue weighted by Gasteiger charge is -2.22. The molecule has 1 amide bonds. The lowest BCUT2D eigenvalue weighted by molar-refractivity contribution is -0.121. The molecule has 0 atom stereocenters. The molecule has 0 unspecified atom stereocenters. The van der Waals surface area contributed by atoms with E-state index in [1.165, 1.54) is 6.42 Å². The van der Waals surface area contributed by atoms with Crippen molar-refractivity contribution in [2.24, 2.45) is 0 Å². The van der Waals surface area contributed by atoms with Gasteiger partial charge in [-0.15, -0.1) is 0 Å². The summed E-state index contributed by atoms with van der Waals surface area (Å²) in [5, 5.41) is 2.93. The predicted molar refractivity (Wildman–Crippen MR) is 109 cm³/mol. The molecule has 1 aliphatic carbocycles. The van der Waals surface area contributed by atoms with Gasteiger partial charge in [0.1, 0.15) is 6.54 Å². The van der Waals surface area contributed by atoms with Gasteiger partial charge in [0.2, 0.25) is 5.91 Å². The average molecular weight is 378 g/mol. The van der Waals surface area contributed by atoms with Crippen molar-refractivity contribution in [2.45, 2.75) is 58.2 Å². The van der Waals surface area contributed by atoms with Gasteiger partial charge >= 0.3 is 5.69 Å². The van der Waals surface area contributed by atoms with Crippen LogP contribution >= 0.6 is 0 Å². The van der Waals surface area contributed by atoms with Crippen LogP contribution in [0.4, 0.5) is 0 Å². The molecular formula is C22H26N4O2. The van der Waals surface area contributed by atoms with Gasteiger partial charge < -0.3 is 5.32 Å². The molecule has 0 saturated heterocycles. The number of carbonyl (C=O) groups excluding carboxylic acids is 1. The standard InChI is InChI=1S/C22H26N4O2/c1-16-7-5-8-17(13-16)14-24-20(27)15-25-19-11-6-12-23-21(19)26(22(25)28)18-9-3-2-4-10-18/h5-8,11-13,18H,2-4,9-10,14-15H2,1H3,(H,24,27). The molecule has 2 heterocycles. The Labute approximate surface area is 164 Å². The second-order valence-corrected chi connectivity index (χ2v) is 7.64. The fraction of sp³-hybridized carbons (Fsp3) is 0.409. The van der Waals surface area contributed by atoms with Gasteiger partial charge in [0.25, 0.3) is 0 Å². The molecule has 146 valence electrons. The first-order valence-corrected chi connectivity index (χ1v) is 10.0. The van der Waals surface area contributed by atoms with Crippen LogP contribution in [0.2, 0.25) is 0 Å². The summed E-state index contributed by atoms with van der Waals surface area (Å²) in [6, 6.07) is 11.9. The van der Waals surface area contributed by atoms with Crippen molar-refractivity contribution < 1.29 is 4.79 Å². The first-order chi connectivity index (χ1) is 13.6. The van der Waals surface area contributed by atoms with Gasteiger partial charge in [-0.05, 0) is 37.5 Å². The molecule has 0 spiro atoms. The van der Waals surface area contributed by atoms with Crippen LogP contribution in [0, 0.1) is 6.92 Å². The normalized spacial score (nSPS) is 15.0. The number of benzene rings is 1. The highest BCUT2D eigenvalue weighted by Crippen LogP contribution is 2.29. The Balaban J connectivity index is 1.57. The number of nitrogens with zero attached hydrogens (tertiary/aromatic N) is 3. The van der Waals surface area contributed by atoms with Crippen molar-refractivity contribution in [1.29, 1.82) is 0 Å². The first kappa shape index (κ1) is 18.5. The van der Waals surface area contributed by atoms with Gasteiger partial charge in [-0.3, -0.25) is 13.9 Å². The number of imidazole rings is 1. The van der Waals surface area contributed by atoms with E-state index in [9.17, 15) is 9.59 Å². The smallest absolute Gasteiger partial charge is 0.331 e. The van der Waals surface area contributed by atoms with Crippen molar-refractivity contribution in [1.82, 2.24) is 19.4 Å². The minimum Gasteiger partial charge on any atom is -0.350 e. The molecule has 1 saturated carbocycles. The minimum atomic E-state index is -0.171. The van der Waals surface area contributed by atoms with Gasteiger partial charge in [-0.2, -0.15) is 0 Å². The summed E-state index contributed by atoms with van der Waals surface area (Å²) < 4.78 is 3.37. The van der Waals surface area contributed by atoms with Crippen LogP contribution in [-0.2, 0) is 17.9 Å². The maximum atomic E-state index is 13.1. The number of fused-ring (bicyclic) bond motifs is 1. The van der Waals surface area contributed by atoms with E-state index in [2.05, 4.69) is 10.3 Å². The highest BCUT2D eigenvalue weighted by molar-refractivity contribution is 5.79. The average Bonchev–Trinajstić information content (AvgIpc) is 2.99. The van der Waals surface area contributed by atoms with Gasteiger partial charge in [0.15, 0.2) is 5.65 Å². The number of pyridine rings is 1. The second-order valence-electron chi connectivity index (χ2n) is 7.64. The molecule has 4 rings (SSSR count). The highest BCUT2D eigenvalue weighted by atomic mass is 16.2. The number of hydrogen-bond acceptors (Lipinski definition) is 3. The Morgan fingerprint density at radius 3 is 2.79 bits per heavy atom. The lowest BCUT2D eigenvalue weighted by Crippen LogP contribution is -2.34. The number of aryl methyl sites for hydroxylation is 1. The maximum Gasteiger partial charge on any atom is 0.331 e. The van der Waals surface area contributed by atoms with Crippen molar-refractivity contribution in [3.05, 3.63) is 64.2 Å². The van der Waals surface area contributed by atoms with Crippen LogP contribution in [0.25, 0.3) is 11.2 Å². The summed E-state index contributed by atoms with van der Waals surface area (Å²) in [5.41, 5.74) is 3.48. The largest absolute Gasteiger partial charge is 0.350 e. The third-order valence-corrected chi connectivity index (χ3v) is 5.54. The predicted octanol–water partition coefficient (Wildman–Crippen LogP) is 3.33. The quantitative estimate of drug-likeness (QED) is 0.740. The third-order valence-electron chi connectivity index (χ3n) is 5.54. The summed E-state index contributed by atoms with van der Waals surface area (Å²) in [4.78, 5) is 30.2. The van der Waals surface area contributed by atoms with Crippen LogP contribution in [0.5, 0.6) is 0 Å². The molecule has 28 heavy (non-hydrogen) atoms. The Bertz CT molecular complexity index is 1040. The van der Waals surface area contributed by atoms with E-state index in [0.29, 0.717) is 12.2 Å². The zero-order valence-corrected chi connectivity index (χ0v) is 16.2. The van der Waals surface area contributed by atoms with Gasteiger partial charge in [0, 0.05) is 18.8 Å². The Morgan fingerprint density at radius 1 is 1.18 bits per heavy atom. The van der Waals surface area contributed by atoms with E-state index in [4.69, 9.17) is 0 Å². The summed E-state index contributed by atoms with van der Waals surface area (Å²) >= 11 is 0. The minimum absolute atomic E-state index is 0.00651. The molecular weight excluding hydrogens is 352 g/mol. The van der Waals surface area contributed by atoms with E-state index in [0.717, 1.165) is 42.3 Å². The monoisotopic (exact) mass is 378 g/mol. The summed E-state index contributed by atoms with van der Waals surface area (Å²) in [6.07, 6.45) is 7.19. The number of amides is 1. The first-order valence-electron chi connectivity index (χ1n) is 10.0. The third kappa shape index (κ3) is 3.72. The van der Waals surface area contributed by atoms with Crippen LogP contribution < -0.4 is 11.0 Å². The van der Waals surface area contributed by atoms with Gasteiger partial charge in [-0.25, -0.2) is 9.78 Å². The summed E-state index contributed by atoms with van der Waals surface area (Å²) in [7, 11) is 0. The summed E-state index contributed by atoms with van der Waals surface area (Å²) in [5.74, 6) is -0.171. The van der Waals surface area contributed by atoms with E-state index >= 15 is 0 Å². The molecule has 0 radical (unpaired) electrons. The fourth-order valence-electron chi connectivity index (χ4n) is 4.15. The maximum absolute atomic E-state index is 13.1. The van der Waals surface area contributed by atoms with Crippen LogP contribution in [0.1, 0.15) is 49.3 Å². The van der Waals surface area contributed by atoms with Crippen molar-refractivity contribution in [3.8, 4) is 0 Å². The molecule has 1 fully saturated rings. The van der Waals surface area contributed by atoms with Crippen LogP contribution in [0.15, 0.2) is 47.4 Å². The highest BCUT2D eigenvalue weighted by Gasteiger charge is 2.23. The molecule has 6 heteroatoms. The van der Waals surface area contributed by atoms with Crippen molar-refractivity contribution in [3.63, 3.8) is 0 Å². The molecule has 1 aromatic carbocycles. The van der Waals surface area contributed by atoms with Crippen LogP contribution in [-0.4, -0.2) is 20.0 Å². The zero-order chi connectivity index (χ0) is 19.5. The topological polar surface area (TPSA) is 68.9 Å². The molecule has 3 aromatic rings. The summed E-state index contributed by atoms with van der Waals surface area (Å²) in [6.45, 7) is 2.49. The van der Waals surface area contributed by atoms with Gasteiger partial charge in [-0.1, -0.05) is 49.1 Å². The Morgan fingerprint density at radius 2 is 2.00 bits per heavy atom.